The van der Waals surface area contributed by atoms with Crippen LogP contribution in [-0.4, -0.2) is 23.5 Å². The Morgan fingerprint density at radius 1 is 0.839 bits per heavy atom. The van der Waals surface area contributed by atoms with Gasteiger partial charge in [-0.15, -0.1) is 0 Å². The van der Waals surface area contributed by atoms with Crippen LogP contribution in [0.1, 0.15) is 89.3 Å². The molecule has 2 unspecified atom stereocenters. The highest BCUT2D eigenvalue weighted by molar-refractivity contribution is 5.92. The summed E-state index contributed by atoms with van der Waals surface area (Å²) in [5.41, 5.74) is 7.53. The number of rotatable bonds is 7. The normalized spacial score (nSPS) is 20.5. The maximum atomic E-state index is 5.23. The maximum absolute atomic E-state index is 5.23. The number of hydrogen-bond donors (Lipinski definition) is 1. The van der Waals surface area contributed by atoms with Gasteiger partial charge in [-0.2, -0.15) is 0 Å². The fraction of sp³-hybridized carbons (Fsp3) is 0.500. The molecule has 31 heavy (non-hydrogen) atoms. The molecule has 2 atom stereocenters. The summed E-state index contributed by atoms with van der Waals surface area (Å²) in [5.74, 6) is 0.925. The van der Waals surface area contributed by atoms with Crippen LogP contribution in [0.2, 0.25) is 0 Å². The van der Waals surface area contributed by atoms with E-state index in [9.17, 15) is 0 Å². The van der Waals surface area contributed by atoms with E-state index in [1.165, 1.54) is 40.2 Å². The second-order valence-corrected chi connectivity index (χ2v) is 9.49. The molecule has 0 radical (unpaired) electrons. The molecule has 2 aromatic carbocycles. The standard InChI is InChI=1S/C28H39N3/c1-19(2)24-14-10-15-25(20(3)4)28(24)30-22(6)27-17-11-16-26(31-27)21(5)29-18-23-12-8-7-9-13-23/h7-10,12-15,19-20,26-27,31H,11,16-18H2,1-6H3/b29-21+,30-22+. The van der Waals surface area contributed by atoms with Crippen molar-refractivity contribution >= 4 is 17.1 Å². The molecule has 0 amide bonds. The largest absolute Gasteiger partial charge is 0.301 e. The fourth-order valence-electron chi connectivity index (χ4n) is 4.40. The Kier molecular flexibility index (Phi) is 8.20. The van der Waals surface area contributed by atoms with Crippen molar-refractivity contribution in [2.75, 3.05) is 0 Å². The third kappa shape index (κ3) is 6.13. The van der Waals surface area contributed by atoms with Crippen LogP contribution in [0.25, 0.3) is 0 Å². The number of benzene rings is 2. The number of hydrogen-bond acceptors (Lipinski definition) is 3. The van der Waals surface area contributed by atoms with E-state index in [1.807, 2.05) is 0 Å². The average Bonchev–Trinajstić information content (AvgIpc) is 2.78. The summed E-state index contributed by atoms with van der Waals surface area (Å²) >= 11 is 0. The maximum Gasteiger partial charge on any atom is 0.0698 e. The zero-order chi connectivity index (χ0) is 22.4. The van der Waals surface area contributed by atoms with E-state index in [2.05, 4.69) is 95.4 Å². The van der Waals surface area contributed by atoms with Gasteiger partial charge < -0.3 is 5.32 Å². The van der Waals surface area contributed by atoms with Gasteiger partial charge in [-0.1, -0.05) is 76.2 Å². The summed E-state index contributed by atoms with van der Waals surface area (Å²) in [6, 6.07) is 17.8. The van der Waals surface area contributed by atoms with Crippen molar-refractivity contribution in [3.8, 4) is 0 Å². The first-order valence-corrected chi connectivity index (χ1v) is 11.9. The van der Waals surface area contributed by atoms with Crippen LogP contribution in [0.3, 0.4) is 0 Å². The summed E-state index contributed by atoms with van der Waals surface area (Å²) in [6.45, 7) is 14.1. The lowest BCUT2D eigenvalue weighted by molar-refractivity contribution is 0.426. The molecule has 3 rings (SSSR count). The van der Waals surface area contributed by atoms with Gasteiger partial charge >= 0.3 is 0 Å². The number of piperidine rings is 1. The molecule has 1 heterocycles. The summed E-state index contributed by atoms with van der Waals surface area (Å²) in [5, 5.41) is 3.85. The van der Waals surface area contributed by atoms with Gasteiger partial charge in [0.1, 0.15) is 0 Å². The molecular formula is C28H39N3. The number of aliphatic imine (C=N–C) groups is 2. The smallest absolute Gasteiger partial charge is 0.0698 e. The third-order valence-electron chi connectivity index (χ3n) is 6.38. The minimum atomic E-state index is 0.306. The van der Waals surface area contributed by atoms with Crippen molar-refractivity contribution in [2.24, 2.45) is 9.98 Å². The third-order valence-corrected chi connectivity index (χ3v) is 6.38. The lowest BCUT2D eigenvalue weighted by Crippen LogP contribution is -2.49. The Labute approximate surface area is 189 Å². The van der Waals surface area contributed by atoms with Crippen LogP contribution in [0.4, 0.5) is 5.69 Å². The topological polar surface area (TPSA) is 36.8 Å². The van der Waals surface area contributed by atoms with Gasteiger partial charge in [-0.3, -0.25) is 9.98 Å². The predicted molar refractivity (Wildman–Crippen MR) is 135 cm³/mol. The predicted octanol–water partition coefficient (Wildman–Crippen LogP) is 7.20. The van der Waals surface area contributed by atoms with Crippen molar-refractivity contribution in [3.05, 3.63) is 65.2 Å². The monoisotopic (exact) mass is 417 g/mol. The molecule has 1 N–H and O–H groups in total. The number of para-hydroxylation sites is 1. The Balaban J connectivity index is 1.78. The molecule has 0 spiro atoms. The minimum Gasteiger partial charge on any atom is -0.301 e. The van der Waals surface area contributed by atoms with E-state index in [4.69, 9.17) is 9.98 Å². The molecule has 1 fully saturated rings. The number of nitrogens with one attached hydrogen (secondary N) is 1. The van der Waals surface area contributed by atoms with Crippen molar-refractivity contribution in [3.63, 3.8) is 0 Å². The van der Waals surface area contributed by atoms with Crippen molar-refractivity contribution in [2.45, 2.75) is 91.3 Å². The zero-order valence-electron chi connectivity index (χ0n) is 20.2. The van der Waals surface area contributed by atoms with Crippen molar-refractivity contribution in [1.82, 2.24) is 5.32 Å². The summed E-state index contributed by atoms with van der Waals surface area (Å²) < 4.78 is 0. The first kappa shape index (κ1) is 23.4. The highest BCUT2D eigenvalue weighted by Gasteiger charge is 2.25. The lowest BCUT2D eigenvalue weighted by Gasteiger charge is -2.31. The lowest BCUT2D eigenvalue weighted by atomic mass is 9.91. The van der Waals surface area contributed by atoms with E-state index in [-0.39, 0.29) is 0 Å². The van der Waals surface area contributed by atoms with Gasteiger partial charge in [0.25, 0.3) is 0 Å². The molecule has 3 nitrogen and oxygen atoms in total. The number of nitrogens with zero attached hydrogens (tertiary/aromatic N) is 2. The molecule has 0 aliphatic carbocycles. The van der Waals surface area contributed by atoms with Gasteiger partial charge in [0.15, 0.2) is 0 Å². The minimum absolute atomic E-state index is 0.306. The summed E-state index contributed by atoms with van der Waals surface area (Å²) in [7, 11) is 0. The fourth-order valence-corrected chi connectivity index (χ4v) is 4.40. The summed E-state index contributed by atoms with van der Waals surface area (Å²) in [6.07, 6.45) is 3.49. The van der Waals surface area contributed by atoms with Crippen LogP contribution in [0.15, 0.2) is 58.5 Å². The molecule has 1 saturated heterocycles. The molecular weight excluding hydrogens is 378 g/mol. The van der Waals surface area contributed by atoms with Gasteiger partial charge in [-0.05, 0) is 61.6 Å². The Morgan fingerprint density at radius 3 is 2.00 bits per heavy atom. The molecule has 0 bridgehead atoms. The van der Waals surface area contributed by atoms with Crippen LogP contribution in [0, 0.1) is 0 Å². The Hall–Kier alpha value is -2.26. The molecule has 1 aliphatic rings. The summed E-state index contributed by atoms with van der Waals surface area (Å²) in [4.78, 5) is 10.1. The van der Waals surface area contributed by atoms with Crippen LogP contribution >= 0.6 is 0 Å². The van der Waals surface area contributed by atoms with Crippen LogP contribution in [0.5, 0.6) is 0 Å². The highest BCUT2D eigenvalue weighted by atomic mass is 15.0. The molecule has 166 valence electrons. The van der Waals surface area contributed by atoms with E-state index >= 15 is 0 Å². The zero-order valence-corrected chi connectivity index (χ0v) is 20.2. The molecule has 0 aromatic heterocycles. The van der Waals surface area contributed by atoms with E-state index < -0.39 is 0 Å². The van der Waals surface area contributed by atoms with Crippen LogP contribution in [-0.2, 0) is 6.54 Å². The Morgan fingerprint density at radius 2 is 1.42 bits per heavy atom. The van der Waals surface area contributed by atoms with E-state index in [0.717, 1.165) is 19.4 Å². The van der Waals surface area contributed by atoms with Gasteiger partial charge in [0.05, 0.1) is 12.2 Å². The first-order chi connectivity index (χ1) is 14.9. The van der Waals surface area contributed by atoms with Crippen LogP contribution < -0.4 is 5.32 Å². The second kappa shape index (κ2) is 10.9. The quantitative estimate of drug-likeness (QED) is 0.475. The first-order valence-electron chi connectivity index (χ1n) is 11.9. The second-order valence-electron chi connectivity index (χ2n) is 9.49. The average molecular weight is 418 g/mol. The molecule has 0 saturated carbocycles. The van der Waals surface area contributed by atoms with E-state index in [1.54, 1.807) is 0 Å². The molecule has 1 aliphatic heterocycles. The van der Waals surface area contributed by atoms with E-state index in [0.29, 0.717) is 23.9 Å². The van der Waals surface area contributed by atoms with Gasteiger partial charge in [0, 0.05) is 23.5 Å². The van der Waals surface area contributed by atoms with Gasteiger partial charge in [0.2, 0.25) is 0 Å². The SMILES string of the molecule is C/C(=N\Cc1ccccc1)C1CCCC(/C(C)=N/c2c(C(C)C)cccc2C(C)C)N1. The highest BCUT2D eigenvalue weighted by Crippen LogP contribution is 2.35. The molecule has 3 heteroatoms. The Bertz CT molecular complexity index is 883. The van der Waals surface area contributed by atoms with Gasteiger partial charge in [-0.25, -0.2) is 0 Å². The molecule has 2 aromatic rings. The van der Waals surface area contributed by atoms with Crippen molar-refractivity contribution in [1.29, 1.82) is 0 Å². The van der Waals surface area contributed by atoms with Crippen molar-refractivity contribution < 1.29 is 0 Å².